The first-order valence-electron chi connectivity index (χ1n) is 15.8. The number of rotatable bonds is 6. The summed E-state index contributed by atoms with van der Waals surface area (Å²) in [7, 11) is 0. The highest BCUT2D eigenvalue weighted by Crippen LogP contribution is 2.33. The van der Waals surface area contributed by atoms with Crippen molar-refractivity contribution >= 4 is 23.4 Å². The van der Waals surface area contributed by atoms with Gasteiger partial charge < -0.3 is 15.0 Å². The molecule has 0 aromatic heterocycles. The van der Waals surface area contributed by atoms with Gasteiger partial charge in [-0.25, -0.2) is 4.39 Å². The molecule has 0 radical (unpaired) electrons. The average molecular weight is 530 g/mol. The van der Waals surface area contributed by atoms with Gasteiger partial charge in [0, 0.05) is 69.7 Å². The first kappa shape index (κ1) is 18.9. The smallest absolute Gasteiger partial charge is 0.255 e. The number of morpholine rings is 1. The average Bonchev–Trinajstić information content (AvgIpc) is 3.26. The van der Waals surface area contributed by atoms with Crippen molar-refractivity contribution in [2.24, 2.45) is 0 Å². The molecule has 3 aliphatic rings. The highest BCUT2D eigenvalue weighted by atomic mass is 19.1. The largest absolute Gasteiger partial charge is 0.381 e. The van der Waals surface area contributed by atoms with Crippen LogP contribution in [0.2, 0.25) is 0 Å². The Morgan fingerprint density at radius 3 is 2.66 bits per heavy atom. The summed E-state index contributed by atoms with van der Waals surface area (Å²) in [5, 5.41) is 4.72. The number of nitrogens with zero attached hydrogens (tertiary/aromatic N) is 2. The zero-order chi connectivity index (χ0) is 33.5. The SMILES string of the molecule is [2H]C([2H])(c1ccc(F)c(CNc2cccc3c2CN(C2([2H])C(=O)NC(=O)C([2H])([2H])C2([2H])[2H])C3=O)c1)N1CC(C)(C)OC(C)(C)C1. The van der Waals surface area contributed by atoms with Gasteiger partial charge in [-0.1, -0.05) is 12.1 Å². The molecule has 5 rings (SSSR count). The molecule has 38 heavy (non-hydrogen) atoms. The van der Waals surface area contributed by atoms with Crippen LogP contribution in [-0.2, 0) is 33.9 Å². The van der Waals surface area contributed by atoms with Crippen LogP contribution in [0.5, 0.6) is 0 Å². The fourth-order valence-electron chi connectivity index (χ4n) is 5.25. The zero-order valence-corrected chi connectivity index (χ0v) is 21.7. The third-order valence-electron chi connectivity index (χ3n) is 6.47. The number of nitrogens with one attached hydrogen (secondary N) is 2. The molecule has 1 atom stereocenters. The van der Waals surface area contributed by atoms with Crippen molar-refractivity contribution in [3.63, 3.8) is 0 Å². The van der Waals surface area contributed by atoms with Gasteiger partial charge in [0.2, 0.25) is 11.8 Å². The van der Waals surface area contributed by atoms with Crippen LogP contribution in [0.25, 0.3) is 0 Å². The number of carbonyl (C=O) groups excluding carboxylic acids is 3. The van der Waals surface area contributed by atoms with E-state index in [2.05, 4.69) is 5.32 Å². The fourth-order valence-corrected chi connectivity index (χ4v) is 5.25. The lowest BCUT2D eigenvalue weighted by atomic mass is 9.98. The minimum atomic E-state index is -3.40. The molecular weight excluding hydrogens is 487 g/mol. The van der Waals surface area contributed by atoms with Crippen LogP contribution in [0.1, 0.15) is 77.1 Å². The maximum Gasteiger partial charge on any atom is 0.255 e. The van der Waals surface area contributed by atoms with Gasteiger partial charge in [0.15, 0.2) is 0 Å². The van der Waals surface area contributed by atoms with Crippen LogP contribution in [0.4, 0.5) is 10.1 Å². The van der Waals surface area contributed by atoms with E-state index in [1.807, 2.05) is 27.7 Å². The van der Waals surface area contributed by atoms with Gasteiger partial charge in [0.25, 0.3) is 5.91 Å². The normalized spacial score (nSPS) is 30.5. The van der Waals surface area contributed by atoms with E-state index in [1.54, 1.807) is 16.3 Å². The molecule has 2 aromatic rings. The minimum Gasteiger partial charge on any atom is -0.381 e. The van der Waals surface area contributed by atoms with Crippen molar-refractivity contribution in [3.8, 4) is 0 Å². The highest BCUT2D eigenvalue weighted by molar-refractivity contribution is 6.06. The number of imide groups is 1. The fraction of sp³-hybridized carbons (Fsp3) is 0.483. The lowest BCUT2D eigenvalue weighted by molar-refractivity contribution is -0.182. The van der Waals surface area contributed by atoms with Gasteiger partial charge in [-0.3, -0.25) is 24.6 Å². The number of halogens is 1. The Balaban J connectivity index is 1.41. The molecular formula is C29H35FN4O4. The quantitative estimate of drug-likeness (QED) is 0.556. The van der Waals surface area contributed by atoms with Crippen molar-refractivity contribution in [1.29, 1.82) is 0 Å². The number of ether oxygens (including phenoxy) is 1. The van der Waals surface area contributed by atoms with E-state index >= 15 is 4.39 Å². The number of hydrogen-bond donors (Lipinski definition) is 2. The van der Waals surface area contributed by atoms with Gasteiger partial charge in [-0.2, -0.15) is 0 Å². The van der Waals surface area contributed by atoms with Gasteiger partial charge in [-0.15, -0.1) is 0 Å². The molecule has 3 aliphatic heterocycles. The Morgan fingerprint density at radius 2 is 1.92 bits per heavy atom. The maximum absolute atomic E-state index is 15.0. The Morgan fingerprint density at radius 1 is 1.18 bits per heavy atom. The predicted molar refractivity (Wildman–Crippen MR) is 141 cm³/mol. The molecule has 8 nitrogen and oxygen atoms in total. The molecule has 0 aliphatic carbocycles. The second-order valence-electron chi connectivity index (χ2n) is 10.9. The second-order valence-corrected chi connectivity index (χ2v) is 10.9. The van der Waals surface area contributed by atoms with E-state index in [-0.39, 0.29) is 28.8 Å². The van der Waals surface area contributed by atoms with Crippen molar-refractivity contribution in [3.05, 3.63) is 64.5 Å². The van der Waals surface area contributed by atoms with E-state index in [1.165, 1.54) is 30.3 Å². The summed E-state index contributed by atoms with van der Waals surface area (Å²) in [6.45, 7) is 5.58. The van der Waals surface area contributed by atoms with Gasteiger partial charge >= 0.3 is 0 Å². The van der Waals surface area contributed by atoms with Gasteiger partial charge in [0.1, 0.15) is 11.8 Å². The first-order valence-corrected chi connectivity index (χ1v) is 12.3. The standard InChI is InChI=1S/C29H35FN4O4/c1-28(2)16-33(17-29(3,4)38-28)14-18-8-9-22(30)19(12-18)13-31-23-7-5-6-20-21(23)15-34(27(20)37)24-10-11-25(35)32-26(24)36/h5-9,12,24,31H,10-11,13-17H2,1-4H3,(H,32,35,36)/i10D2,11D2,14D2,24D. The van der Waals surface area contributed by atoms with Crippen LogP contribution < -0.4 is 10.6 Å². The number of piperidine rings is 1. The molecule has 9 heteroatoms. The van der Waals surface area contributed by atoms with E-state index in [9.17, 15) is 14.4 Å². The van der Waals surface area contributed by atoms with E-state index in [0.29, 0.717) is 23.7 Å². The minimum absolute atomic E-state index is 0.0239. The van der Waals surface area contributed by atoms with Crippen molar-refractivity contribution in [2.45, 2.75) is 77.2 Å². The number of amides is 3. The van der Waals surface area contributed by atoms with Gasteiger partial charge in [0.05, 0.1) is 12.6 Å². The van der Waals surface area contributed by atoms with E-state index < -0.39 is 66.5 Å². The second kappa shape index (κ2) is 9.78. The summed E-state index contributed by atoms with van der Waals surface area (Å²) in [5.41, 5.74) is -0.269. The first-order chi connectivity index (χ1) is 20.5. The number of anilines is 1. The molecule has 0 spiro atoms. The highest BCUT2D eigenvalue weighted by Gasteiger charge is 2.40. The Hall–Kier alpha value is -3.30. The third-order valence-corrected chi connectivity index (χ3v) is 6.47. The molecule has 0 bridgehead atoms. The Bertz CT molecular complexity index is 1590. The monoisotopic (exact) mass is 529 g/mol. The molecule has 2 fully saturated rings. The van der Waals surface area contributed by atoms with Crippen molar-refractivity contribution in [1.82, 2.24) is 15.1 Å². The summed E-state index contributed by atoms with van der Waals surface area (Å²) < 4.78 is 80.2. The number of fused-ring (bicyclic) bond motifs is 1. The molecule has 2 N–H and O–H groups in total. The van der Waals surface area contributed by atoms with Crippen LogP contribution in [0.15, 0.2) is 36.4 Å². The number of carbonyl (C=O) groups is 3. The lowest BCUT2D eigenvalue weighted by Crippen LogP contribution is -2.56. The van der Waals surface area contributed by atoms with Crippen LogP contribution in [-0.4, -0.2) is 57.8 Å². The van der Waals surface area contributed by atoms with Crippen LogP contribution in [0, 0.1) is 5.82 Å². The molecule has 202 valence electrons. The summed E-state index contributed by atoms with van der Waals surface area (Å²) in [6.07, 6.45) is -6.70. The molecule has 2 saturated heterocycles. The molecule has 1 unspecified atom stereocenters. The topological polar surface area (TPSA) is 91.0 Å². The molecule has 3 heterocycles. The molecule has 0 saturated carbocycles. The molecule has 2 aromatic carbocycles. The summed E-state index contributed by atoms with van der Waals surface area (Å²) in [4.78, 5) is 40.6. The van der Waals surface area contributed by atoms with Crippen LogP contribution >= 0.6 is 0 Å². The summed E-state index contributed by atoms with van der Waals surface area (Å²) >= 11 is 0. The zero-order valence-electron chi connectivity index (χ0n) is 28.7. The number of benzene rings is 2. The summed E-state index contributed by atoms with van der Waals surface area (Å²) in [6, 6.07) is 5.37. The maximum atomic E-state index is 15.0. The van der Waals surface area contributed by atoms with Crippen molar-refractivity contribution in [2.75, 3.05) is 18.4 Å². The van der Waals surface area contributed by atoms with Gasteiger partial charge in [-0.05, 0) is 63.9 Å². The summed E-state index contributed by atoms with van der Waals surface area (Å²) in [5.74, 6) is -4.52. The Labute approximate surface area is 232 Å². The number of hydrogen-bond acceptors (Lipinski definition) is 6. The predicted octanol–water partition coefficient (Wildman–Crippen LogP) is 3.59. The third kappa shape index (κ3) is 5.44. The lowest BCUT2D eigenvalue weighted by Gasteiger charge is -2.47. The van der Waals surface area contributed by atoms with E-state index in [0.717, 1.165) is 0 Å². The molecule has 3 amide bonds. The van der Waals surface area contributed by atoms with E-state index in [4.69, 9.17) is 14.3 Å². The van der Waals surface area contributed by atoms with Crippen LogP contribution in [0.3, 0.4) is 0 Å². The van der Waals surface area contributed by atoms with Crippen molar-refractivity contribution < 1.29 is 33.1 Å². The Kier molecular flexibility index (Phi) is 4.86.